The van der Waals surface area contributed by atoms with Crippen molar-refractivity contribution in [3.05, 3.63) is 48.4 Å². The van der Waals surface area contributed by atoms with Gasteiger partial charge in [-0.3, -0.25) is 4.79 Å². The van der Waals surface area contributed by atoms with Crippen LogP contribution >= 0.6 is 0 Å². The fourth-order valence-electron chi connectivity index (χ4n) is 4.05. The van der Waals surface area contributed by atoms with E-state index in [9.17, 15) is 18.0 Å². The first-order valence-electron chi connectivity index (χ1n) is 10.1. The summed E-state index contributed by atoms with van der Waals surface area (Å²) in [6.45, 7) is 1.13. The number of benzene rings is 1. The quantitative estimate of drug-likeness (QED) is 0.633. The molecule has 2 aromatic heterocycles. The van der Waals surface area contributed by atoms with Gasteiger partial charge in [0.2, 0.25) is 11.9 Å². The average Bonchev–Trinajstić information content (AvgIpc) is 3.22. The lowest BCUT2D eigenvalue weighted by Crippen LogP contribution is -2.68. The summed E-state index contributed by atoms with van der Waals surface area (Å²) >= 11 is 0. The monoisotopic (exact) mass is 444 g/mol. The number of nitrogens with zero attached hydrogens (tertiary/aromatic N) is 4. The lowest BCUT2D eigenvalue weighted by Gasteiger charge is -2.50. The fraction of sp³-hybridized carbons (Fsp3) is 0.333. The highest BCUT2D eigenvalue weighted by Crippen LogP contribution is 2.42. The topological polar surface area (TPSA) is 96.2 Å². The molecule has 1 saturated heterocycles. The van der Waals surface area contributed by atoms with Crippen LogP contribution in [-0.2, 0) is 11.0 Å². The van der Waals surface area contributed by atoms with E-state index in [1.165, 1.54) is 0 Å². The molecule has 32 heavy (non-hydrogen) atoms. The van der Waals surface area contributed by atoms with Crippen molar-refractivity contribution in [2.75, 3.05) is 23.3 Å². The van der Waals surface area contributed by atoms with Crippen LogP contribution in [0, 0.1) is 0 Å². The summed E-state index contributed by atoms with van der Waals surface area (Å²) < 4.78 is 44.7. The summed E-state index contributed by atoms with van der Waals surface area (Å²) in [4.78, 5) is 26.1. The van der Waals surface area contributed by atoms with Crippen LogP contribution in [0.4, 0.5) is 30.8 Å². The summed E-state index contributed by atoms with van der Waals surface area (Å²) in [6, 6.07) is 8.11. The molecular formula is C21H19F3N6O2. The molecule has 2 aliphatic rings. The largest absolute Gasteiger partial charge is 0.433 e. The maximum Gasteiger partial charge on any atom is 0.433 e. The Morgan fingerprint density at radius 2 is 2.03 bits per heavy atom. The maximum atomic E-state index is 12.9. The highest BCUT2D eigenvalue weighted by molar-refractivity contribution is 5.91. The van der Waals surface area contributed by atoms with Crippen molar-refractivity contribution in [1.29, 1.82) is 0 Å². The number of hydrogen-bond donors (Lipinski definition) is 2. The first-order valence-corrected chi connectivity index (χ1v) is 10.1. The van der Waals surface area contributed by atoms with Crippen LogP contribution in [-0.4, -0.2) is 39.5 Å². The van der Waals surface area contributed by atoms with Gasteiger partial charge in [0, 0.05) is 30.5 Å². The van der Waals surface area contributed by atoms with E-state index in [1.807, 2.05) is 4.90 Å². The zero-order valence-corrected chi connectivity index (χ0v) is 16.8. The van der Waals surface area contributed by atoms with E-state index in [4.69, 9.17) is 4.42 Å². The second-order valence-electron chi connectivity index (χ2n) is 7.77. The Bertz CT molecular complexity index is 1160. The molecule has 5 rings (SSSR count). The number of amides is 1. The molecule has 3 heterocycles. The molecule has 0 radical (unpaired) electrons. The van der Waals surface area contributed by atoms with Crippen LogP contribution in [0.5, 0.6) is 0 Å². The first-order chi connectivity index (χ1) is 15.3. The number of nitrogens with one attached hydrogen (secondary N) is 2. The molecule has 0 atom stereocenters. The molecule has 0 unspecified atom stereocenters. The predicted octanol–water partition coefficient (Wildman–Crippen LogP) is 3.75. The number of anilines is 3. The third kappa shape index (κ3) is 3.53. The van der Waals surface area contributed by atoms with E-state index in [0.29, 0.717) is 36.1 Å². The molecule has 11 heteroatoms. The molecule has 8 nitrogen and oxygen atoms in total. The van der Waals surface area contributed by atoms with Crippen LogP contribution < -0.4 is 15.5 Å². The number of hydrogen-bond acceptors (Lipinski definition) is 7. The molecule has 2 N–H and O–H groups in total. The van der Waals surface area contributed by atoms with Gasteiger partial charge in [-0.25, -0.2) is 15.0 Å². The molecule has 1 aliphatic heterocycles. The summed E-state index contributed by atoms with van der Waals surface area (Å²) in [7, 11) is 0. The Morgan fingerprint density at radius 3 is 2.78 bits per heavy atom. The van der Waals surface area contributed by atoms with Gasteiger partial charge in [-0.05, 0) is 37.5 Å². The Kier molecular flexibility index (Phi) is 4.75. The van der Waals surface area contributed by atoms with Gasteiger partial charge in [-0.2, -0.15) is 13.2 Å². The van der Waals surface area contributed by atoms with Gasteiger partial charge in [0.05, 0.1) is 6.20 Å². The summed E-state index contributed by atoms with van der Waals surface area (Å²) in [6.07, 6.45) is 0.563. The molecular weight excluding hydrogens is 425 g/mol. The third-order valence-electron chi connectivity index (χ3n) is 5.81. The molecule has 3 aromatic rings. The van der Waals surface area contributed by atoms with Crippen LogP contribution in [0.1, 0.15) is 25.0 Å². The number of carbonyl (C=O) groups is 1. The van der Waals surface area contributed by atoms with Crippen LogP contribution in [0.3, 0.4) is 0 Å². The van der Waals surface area contributed by atoms with Crippen molar-refractivity contribution in [3.63, 3.8) is 0 Å². The highest BCUT2D eigenvalue weighted by Gasteiger charge is 2.52. The van der Waals surface area contributed by atoms with Gasteiger partial charge in [0.25, 0.3) is 6.01 Å². The van der Waals surface area contributed by atoms with Crippen molar-refractivity contribution < 1.29 is 22.4 Å². The van der Waals surface area contributed by atoms with E-state index in [1.54, 1.807) is 30.5 Å². The minimum atomic E-state index is -4.55. The second kappa shape index (κ2) is 7.50. The number of halogens is 3. The SMILES string of the molecule is O=C1NCCN(c2ncc(-c3cccc(Nc4nccc(C(F)(F)F)n4)c3)o2)C12CCC2. The fourth-order valence-corrected chi connectivity index (χ4v) is 4.05. The zero-order chi connectivity index (χ0) is 22.3. The number of alkyl halides is 3. The summed E-state index contributed by atoms with van der Waals surface area (Å²) in [5.74, 6) is 0.317. The average molecular weight is 444 g/mol. The molecule has 1 amide bonds. The first kappa shape index (κ1) is 20.3. The van der Waals surface area contributed by atoms with Gasteiger partial charge in [0.15, 0.2) is 5.76 Å². The second-order valence-corrected chi connectivity index (χ2v) is 7.77. The molecule has 1 aliphatic carbocycles. The van der Waals surface area contributed by atoms with E-state index >= 15 is 0 Å². The van der Waals surface area contributed by atoms with Crippen LogP contribution in [0.25, 0.3) is 11.3 Å². The lowest BCUT2D eigenvalue weighted by molar-refractivity contribution is -0.141. The van der Waals surface area contributed by atoms with Gasteiger partial charge in [-0.15, -0.1) is 0 Å². The van der Waals surface area contributed by atoms with Crippen LogP contribution in [0.15, 0.2) is 47.1 Å². The number of rotatable bonds is 4. The molecule has 1 aromatic carbocycles. The van der Waals surface area contributed by atoms with Crippen molar-refractivity contribution in [2.45, 2.75) is 31.0 Å². The summed E-state index contributed by atoms with van der Waals surface area (Å²) in [5, 5.41) is 5.70. The number of oxazole rings is 1. The van der Waals surface area contributed by atoms with Gasteiger partial charge < -0.3 is 20.0 Å². The minimum absolute atomic E-state index is 0.00188. The molecule has 0 bridgehead atoms. The van der Waals surface area contributed by atoms with Gasteiger partial charge in [0.1, 0.15) is 11.2 Å². The van der Waals surface area contributed by atoms with Crippen LogP contribution in [0.2, 0.25) is 0 Å². The Hall–Kier alpha value is -3.63. The highest BCUT2D eigenvalue weighted by atomic mass is 19.4. The summed E-state index contributed by atoms with van der Waals surface area (Å²) in [5.41, 5.74) is -0.455. The zero-order valence-electron chi connectivity index (χ0n) is 16.8. The molecule has 166 valence electrons. The number of carbonyl (C=O) groups excluding carboxylic acids is 1. The Labute approximate surface area is 180 Å². The van der Waals surface area contributed by atoms with E-state index in [0.717, 1.165) is 31.5 Å². The minimum Gasteiger partial charge on any atom is -0.423 e. The number of piperazine rings is 1. The Morgan fingerprint density at radius 1 is 1.19 bits per heavy atom. The van der Waals surface area contributed by atoms with E-state index < -0.39 is 17.4 Å². The van der Waals surface area contributed by atoms with Crippen molar-refractivity contribution in [3.8, 4) is 11.3 Å². The van der Waals surface area contributed by atoms with Crippen molar-refractivity contribution in [1.82, 2.24) is 20.3 Å². The Balaban J connectivity index is 1.38. The molecule has 1 spiro atoms. The number of aromatic nitrogens is 3. The van der Waals surface area contributed by atoms with E-state index in [2.05, 4.69) is 25.6 Å². The predicted molar refractivity (Wildman–Crippen MR) is 109 cm³/mol. The van der Waals surface area contributed by atoms with Crippen molar-refractivity contribution in [2.24, 2.45) is 0 Å². The van der Waals surface area contributed by atoms with Gasteiger partial charge in [-0.1, -0.05) is 12.1 Å². The molecule has 1 saturated carbocycles. The molecule has 2 fully saturated rings. The van der Waals surface area contributed by atoms with Crippen molar-refractivity contribution >= 4 is 23.6 Å². The van der Waals surface area contributed by atoms with E-state index in [-0.39, 0.29) is 11.9 Å². The lowest BCUT2D eigenvalue weighted by atomic mass is 9.73. The maximum absolute atomic E-state index is 12.9. The third-order valence-corrected chi connectivity index (χ3v) is 5.81. The smallest absolute Gasteiger partial charge is 0.423 e. The standard InChI is InChI=1S/C21H19F3N6O2/c22-21(23,24)16-5-8-26-18(29-16)28-14-4-1-3-13(11-14)15-12-27-19(32-15)30-10-9-25-17(31)20(30)6-2-7-20/h1,3-5,8,11-12H,2,6-7,9-10H2,(H,25,31)(H,26,28,29). The van der Waals surface area contributed by atoms with Gasteiger partial charge >= 0.3 is 6.18 Å². The normalized spacial score (nSPS) is 17.7.